The van der Waals surface area contributed by atoms with E-state index in [9.17, 15) is 17.6 Å². The molecule has 0 aromatic heterocycles. The van der Waals surface area contributed by atoms with Gasteiger partial charge in [-0.2, -0.15) is 13.2 Å². The van der Waals surface area contributed by atoms with Gasteiger partial charge in [-0.05, 0) is 19.1 Å². The first kappa shape index (κ1) is 13.7. The maximum absolute atomic E-state index is 13.3. The normalized spacial score (nSPS) is 13.2. The lowest BCUT2D eigenvalue weighted by molar-refractivity contribution is -0.189. The Morgan fingerprint density at radius 3 is 2.47 bits per heavy atom. The van der Waals surface area contributed by atoms with Gasteiger partial charge in [0.1, 0.15) is 16.6 Å². The Balaban J connectivity index is 3.07. The highest BCUT2D eigenvalue weighted by Crippen LogP contribution is 2.28. The number of thiocarbonyl (C=S) groups is 1. The van der Waals surface area contributed by atoms with E-state index in [1.807, 2.05) is 0 Å². The molecule has 1 atom stereocenters. The maximum Gasteiger partial charge on any atom is 0.425 e. The summed E-state index contributed by atoms with van der Waals surface area (Å²) in [6.07, 6.45) is -6.61. The predicted molar refractivity (Wildman–Crippen MR) is 58.4 cm³/mol. The molecule has 1 unspecified atom stereocenters. The number of benzene rings is 1. The zero-order chi connectivity index (χ0) is 13.2. The lowest BCUT2D eigenvalue weighted by Crippen LogP contribution is -2.32. The van der Waals surface area contributed by atoms with Gasteiger partial charge in [0.05, 0.1) is 5.56 Å². The molecule has 2 N–H and O–H groups in total. The Morgan fingerprint density at radius 1 is 1.41 bits per heavy atom. The molecular weight excluding hydrogens is 258 g/mol. The van der Waals surface area contributed by atoms with Gasteiger partial charge in [-0.3, -0.25) is 0 Å². The van der Waals surface area contributed by atoms with Crippen LogP contribution in [0.4, 0.5) is 17.6 Å². The van der Waals surface area contributed by atoms with Crippen molar-refractivity contribution in [1.82, 2.24) is 0 Å². The summed E-state index contributed by atoms with van der Waals surface area (Å²) in [7, 11) is 0. The fraction of sp³-hybridized carbons (Fsp3) is 0.300. The van der Waals surface area contributed by atoms with Gasteiger partial charge < -0.3 is 10.5 Å². The Labute approximate surface area is 100 Å². The summed E-state index contributed by atoms with van der Waals surface area (Å²) in [5.41, 5.74) is 4.91. The molecule has 0 heterocycles. The second-order valence-electron chi connectivity index (χ2n) is 3.28. The number of nitrogens with two attached hydrogens (primary N) is 1. The molecule has 0 fully saturated rings. The van der Waals surface area contributed by atoms with Gasteiger partial charge in [-0.25, -0.2) is 4.39 Å². The van der Waals surface area contributed by atoms with Gasteiger partial charge in [0.25, 0.3) is 0 Å². The van der Waals surface area contributed by atoms with Crippen LogP contribution in [-0.4, -0.2) is 17.3 Å². The first-order valence-electron chi connectivity index (χ1n) is 4.55. The number of hydrogen-bond acceptors (Lipinski definition) is 2. The van der Waals surface area contributed by atoms with Gasteiger partial charge in [0.2, 0.25) is 0 Å². The molecule has 0 saturated heterocycles. The van der Waals surface area contributed by atoms with E-state index in [0.717, 1.165) is 13.0 Å². The third kappa shape index (κ3) is 3.29. The van der Waals surface area contributed by atoms with Crippen molar-refractivity contribution >= 4 is 17.2 Å². The second-order valence-corrected chi connectivity index (χ2v) is 3.72. The molecule has 0 bridgehead atoms. The van der Waals surface area contributed by atoms with Crippen LogP contribution in [0, 0.1) is 5.82 Å². The van der Waals surface area contributed by atoms with E-state index in [0.29, 0.717) is 0 Å². The van der Waals surface area contributed by atoms with Crippen LogP contribution in [0.3, 0.4) is 0 Å². The third-order valence-corrected chi connectivity index (χ3v) is 2.19. The van der Waals surface area contributed by atoms with E-state index in [-0.39, 0.29) is 16.3 Å². The Hall–Kier alpha value is -1.37. The van der Waals surface area contributed by atoms with E-state index in [1.54, 1.807) is 0 Å². The van der Waals surface area contributed by atoms with Crippen molar-refractivity contribution in [3.63, 3.8) is 0 Å². The van der Waals surface area contributed by atoms with E-state index in [1.165, 1.54) is 12.1 Å². The maximum atomic E-state index is 13.3. The molecule has 0 amide bonds. The number of rotatable bonds is 3. The zero-order valence-corrected chi connectivity index (χ0v) is 9.53. The Morgan fingerprint density at radius 2 is 2.00 bits per heavy atom. The fourth-order valence-corrected chi connectivity index (χ4v) is 1.30. The second kappa shape index (κ2) is 4.87. The van der Waals surface area contributed by atoms with Gasteiger partial charge in [0, 0.05) is 0 Å². The molecule has 0 aliphatic rings. The van der Waals surface area contributed by atoms with Crippen LogP contribution >= 0.6 is 12.2 Å². The Kier molecular flexibility index (Phi) is 3.92. The van der Waals surface area contributed by atoms with Gasteiger partial charge in [-0.1, -0.05) is 18.3 Å². The molecule has 1 aromatic carbocycles. The van der Waals surface area contributed by atoms with Gasteiger partial charge in [0.15, 0.2) is 6.10 Å². The van der Waals surface area contributed by atoms with Crippen molar-refractivity contribution in [2.45, 2.75) is 19.2 Å². The minimum absolute atomic E-state index is 0.317. The first-order valence-corrected chi connectivity index (χ1v) is 4.96. The van der Waals surface area contributed by atoms with Crippen molar-refractivity contribution in [2.24, 2.45) is 5.73 Å². The highest BCUT2D eigenvalue weighted by Gasteiger charge is 2.38. The Bertz CT molecular complexity index is 433. The smallest absolute Gasteiger partial charge is 0.425 e. The first-order chi connectivity index (χ1) is 7.73. The monoisotopic (exact) mass is 267 g/mol. The van der Waals surface area contributed by atoms with E-state index < -0.39 is 18.1 Å². The molecule has 1 aromatic rings. The van der Waals surface area contributed by atoms with Crippen molar-refractivity contribution in [3.05, 3.63) is 29.6 Å². The topological polar surface area (TPSA) is 35.2 Å². The van der Waals surface area contributed by atoms with Crippen LogP contribution in [0.5, 0.6) is 5.75 Å². The number of ether oxygens (including phenoxy) is 1. The third-order valence-electron chi connectivity index (χ3n) is 1.99. The molecule has 1 rings (SSSR count). The molecule has 2 nitrogen and oxygen atoms in total. The standard InChI is InChI=1S/C10H9F4NOS/c1-5(10(12,13)14)16-7-4-2-3-6(11)8(7)9(15)17/h2-5H,1H3,(H2,15,17). The number of hydrogen-bond donors (Lipinski definition) is 1. The van der Waals surface area contributed by atoms with Crippen LogP contribution < -0.4 is 10.5 Å². The average molecular weight is 267 g/mol. The quantitative estimate of drug-likeness (QED) is 0.675. The predicted octanol–water partition coefficient (Wildman–Crippen LogP) is 2.79. The molecule has 7 heteroatoms. The minimum atomic E-state index is -4.54. The molecule has 0 radical (unpaired) electrons. The molecule has 17 heavy (non-hydrogen) atoms. The lowest BCUT2D eigenvalue weighted by Gasteiger charge is -2.19. The average Bonchev–Trinajstić information content (AvgIpc) is 2.15. The van der Waals surface area contributed by atoms with Crippen LogP contribution in [0.1, 0.15) is 12.5 Å². The van der Waals surface area contributed by atoms with E-state index in [4.69, 9.17) is 5.73 Å². The molecule has 0 saturated carbocycles. The largest absolute Gasteiger partial charge is 0.480 e. The number of alkyl halides is 3. The van der Waals surface area contributed by atoms with Crippen LogP contribution in [-0.2, 0) is 0 Å². The van der Waals surface area contributed by atoms with E-state index >= 15 is 0 Å². The summed E-state index contributed by atoms with van der Waals surface area (Å²) in [6, 6.07) is 3.44. The van der Waals surface area contributed by atoms with E-state index in [2.05, 4.69) is 17.0 Å². The summed E-state index contributed by atoms with van der Waals surface area (Å²) in [5.74, 6) is -1.13. The molecule has 0 aliphatic carbocycles. The van der Waals surface area contributed by atoms with Gasteiger partial charge in [-0.15, -0.1) is 0 Å². The summed E-state index contributed by atoms with van der Waals surface area (Å²) >= 11 is 4.56. The van der Waals surface area contributed by atoms with Crippen molar-refractivity contribution < 1.29 is 22.3 Å². The summed E-state index contributed by atoms with van der Waals surface area (Å²) < 4.78 is 54.8. The van der Waals surface area contributed by atoms with Crippen molar-refractivity contribution in [3.8, 4) is 5.75 Å². The molecule has 94 valence electrons. The summed E-state index contributed by atoms with van der Waals surface area (Å²) in [6.45, 7) is 0.814. The summed E-state index contributed by atoms with van der Waals surface area (Å²) in [4.78, 5) is -0.354. The van der Waals surface area contributed by atoms with Gasteiger partial charge >= 0.3 is 6.18 Å². The molecular formula is C10H9F4NOS. The van der Waals surface area contributed by atoms with Crippen molar-refractivity contribution in [2.75, 3.05) is 0 Å². The zero-order valence-electron chi connectivity index (χ0n) is 8.72. The highest BCUT2D eigenvalue weighted by atomic mass is 32.1. The minimum Gasteiger partial charge on any atom is -0.480 e. The van der Waals surface area contributed by atoms with Crippen molar-refractivity contribution in [1.29, 1.82) is 0 Å². The molecule has 0 aliphatic heterocycles. The fourth-order valence-electron chi connectivity index (χ4n) is 1.10. The highest BCUT2D eigenvalue weighted by molar-refractivity contribution is 7.80. The number of halogens is 4. The molecule has 0 spiro atoms. The van der Waals surface area contributed by atoms with Crippen LogP contribution in [0.15, 0.2) is 18.2 Å². The van der Waals surface area contributed by atoms with Crippen LogP contribution in [0.25, 0.3) is 0 Å². The van der Waals surface area contributed by atoms with Crippen LogP contribution in [0.2, 0.25) is 0 Å². The lowest BCUT2D eigenvalue weighted by atomic mass is 10.2. The summed E-state index contributed by atoms with van der Waals surface area (Å²) in [5, 5.41) is 0. The SMILES string of the molecule is CC(Oc1cccc(F)c1C(N)=S)C(F)(F)F.